The number of hydrogen-bond donors (Lipinski definition) is 0. The largest absolute Gasteiger partial charge is 0.497 e. The fourth-order valence-electron chi connectivity index (χ4n) is 1.71. The van der Waals surface area contributed by atoms with Crippen molar-refractivity contribution in [3.63, 3.8) is 0 Å². The molecule has 1 aromatic heterocycles. The third-order valence-electron chi connectivity index (χ3n) is 2.66. The van der Waals surface area contributed by atoms with E-state index in [1.165, 1.54) is 0 Å². The summed E-state index contributed by atoms with van der Waals surface area (Å²) in [5, 5.41) is 4.14. The molecule has 0 aliphatic rings. The van der Waals surface area contributed by atoms with Crippen molar-refractivity contribution in [3.05, 3.63) is 46.2 Å². The minimum atomic E-state index is -0.0520. The minimum Gasteiger partial charge on any atom is -0.497 e. The molecule has 0 atom stereocenters. The van der Waals surface area contributed by atoms with Crippen LogP contribution in [0.3, 0.4) is 0 Å². The molecule has 1 aromatic carbocycles. The Balaban J connectivity index is 2.38. The fourth-order valence-corrected chi connectivity index (χ4v) is 2.18. The molecule has 2 rings (SSSR count). The van der Waals surface area contributed by atoms with Crippen LogP contribution in [-0.2, 0) is 6.54 Å². The molecule has 0 saturated carbocycles. The van der Waals surface area contributed by atoms with Crippen LogP contribution in [0.2, 0.25) is 0 Å². The summed E-state index contributed by atoms with van der Waals surface area (Å²) in [5.41, 5.74) is 1.19. The molecule has 18 heavy (non-hydrogen) atoms. The van der Waals surface area contributed by atoms with E-state index >= 15 is 0 Å². The highest BCUT2D eigenvalue weighted by Gasteiger charge is 2.18. The quantitative estimate of drug-likeness (QED) is 0.816. The molecular formula is C13H13BrN2O2. The van der Waals surface area contributed by atoms with Gasteiger partial charge in [0, 0.05) is 12.1 Å². The maximum Gasteiger partial charge on any atom is 0.212 e. The molecule has 0 spiro atoms. The zero-order valence-corrected chi connectivity index (χ0v) is 11.8. The third-order valence-corrected chi connectivity index (χ3v) is 3.24. The summed E-state index contributed by atoms with van der Waals surface area (Å²) in [6.45, 7) is 2.60. The van der Waals surface area contributed by atoms with Crippen molar-refractivity contribution < 1.29 is 9.53 Å². The van der Waals surface area contributed by atoms with Crippen molar-refractivity contribution in [1.82, 2.24) is 9.78 Å². The molecule has 0 aliphatic carbocycles. The fraction of sp³-hybridized carbons (Fsp3) is 0.231. The number of methoxy groups -OCH3 is 1. The highest BCUT2D eigenvalue weighted by molar-refractivity contribution is 9.10. The van der Waals surface area contributed by atoms with Gasteiger partial charge in [0.1, 0.15) is 11.4 Å². The number of ether oxygens (including phenoxy) is 1. The zero-order valence-electron chi connectivity index (χ0n) is 10.2. The summed E-state index contributed by atoms with van der Waals surface area (Å²) in [6, 6.07) is 7.04. The van der Waals surface area contributed by atoms with E-state index in [4.69, 9.17) is 4.74 Å². The van der Waals surface area contributed by atoms with Crippen LogP contribution in [0.4, 0.5) is 0 Å². The predicted molar refractivity (Wildman–Crippen MR) is 72.0 cm³/mol. The number of rotatable bonds is 4. The van der Waals surface area contributed by atoms with Crippen LogP contribution in [0.15, 0.2) is 34.9 Å². The van der Waals surface area contributed by atoms with E-state index in [0.29, 0.717) is 22.3 Å². The zero-order chi connectivity index (χ0) is 13.1. The molecule has 2 aromatic rings. The average molecular weight is 309 g/mol. The predicted octanol–water partition coefficient (Wildman–Crippen LogP) is 2.91. The van der Waals surface area contributed by atoms with Crippen molar-refractivity contribution in [2.45, 2.75) is 13.5 Å². The second kappa shape index (κ2) is 5.35. The maximum absolute atomic E-state index is 12.4. The lowest BCUT2D eigenvalue weighted by Gasteiger charge is -2.05. The Bertz CT molecular complexity index is 561. The number of benzene rings is 1. The standard InChI is InChI=1S/C13H13BrN2O2/c1-3-16-12(11(14)8-15-16)13(17)9-4-6-10(18-2)7-5-9/h4-8H,3H2,1-2H3. The van der Waals surface area contributed by atoms with Crippen LogP contribution in [0, 0.1) is 0 Å². The summed E-state index contributed by atoms with van der Waals surface area (Å²) < 4.78 is 7.46. The molecule has 0 saturated heterocycles. The second-order valence-electron chi connectivity index (χ2n) is 3.71. The molecule has 0 unspecified atom stereocenters. The summed E-state index contributed by atoms with van der Waals surface area (Å²) in [4.78, 5) is 12.4. The van der Waals surface area contributed by atoms with Gasteiger partial charge in [0.05, 0.1) is 17.8 Å². The number of aryl methyl sites for hydroxylation is 1. The van der Waals surface area contributed by atoms with Crippen LogP contribution >= 0.6 is 15.9 Å². The average Bonchev–Trinajstić information content (AvgIpc) is 2.79. The van der Waals surface area contributed by atoms with E-state index in [9.17, 15) is 4.79 Å². The molecule has 0 radical (unpaired) electrons. The van der Waals surface area contributed by atoms with Crippen LogP contribution in [0.5, 0.6) is 5.75 Å². The molecular weight excluding hydrogens is 296 g/mol. The Morgan fingerprint density at radius 3 is 2.61 bits per heavy atom. The summed E-state index contributed by atoms with van der Waals surface area (Å²) in [6.07, 6.45) is 1.64. The van der Waals surface area contributed by atoms with Crippen LogP contribution < -0.4 is 4.74 Å². The molecule has 0 fully saturated rings. The van der Waals surface area contributed by atoms with Gasteiger partial charge in [0.25, 0.3) is 0 Å². The van der Waals surface area contributed by atoms with E-state index in [-0.39, 0.29) is 5.78 Å². The Labute approximate surface area is 114 Å². The summed E-state index contributed by atoms with van der Waals surface area (Å²) >= 11 is 3.36. The summed E-state index contributed by atoms with van der Waals surface area (Å²) in [7, 11) is 1.60. The van der Waals surface area contributed by atoms with Gasteiger partial charge in [-0.2, -0.15) is 5.10 Å². The van der Waals surface area contributed by atoms with Crippen LogP contribution in [0.1, 0.15) is 23.0 Å². The van der Waals surface area contributed by atoms with Gasteiger partial charge in [-0.3, -0.25) is 9.48 Å². The monoisotopic (exact) mass is 308 g/mol. The van der Waals surface area contributed by atoms with Gasteiger partial charge in [-0.05, 0) is 47.1 Å². The van der Waals surface area contributed by atoms with Crippen molar-refractivity contribution in [2.24, 2.45) is 0 Å². The van der Waals surface area contributed by atoms with Crippen molar-refractivity contribution in [1.29, 1.82) is 0 Å². The minimum absolute atomic E-state index is 0.0520. The Kier molecular flexibility index (Phi) is 3.81. The highest BCUT2D eigenvalue weighted by Crippen LogP contribution is 2.21. The number of aromatic nitrogens is 2. The van der Waals surface area contributed by atoms with E-state index in [1.54, 1.807) is 42.3 Å². The van der Waals surface area contributed by atoms with Crippen LogP contribution in [-0.4, -0.2) is 22.7 Å². The van der Waals surface area contributed by atoms with E-state index in [2.05, 4.69) is 21.0 Å². The first kappa shape index (κ1) is 12.8. The molecule has 0 bridgehead atoms. The van der Waals surface area contributed by atoms with Gasteiger partial charge < -0.3 is 4.74 Å². The SMILES string of the molecule is CCn1ncc(Br)c1C(=O)c1ccc(OC)cc1. The first-order valence-electron chi connectivity index (χ1n) is 5.57. The first-order chi connectivity index (χ1) is 8.67. The molecule has 94 valence electrons. The van der Waals surface area contributed by atoms with Gasteiger partial charge in [-0.1, -0.05) is 0 Å². The number of carbonyl (C=O) groups excluding carboxylic acids is 1. The number of ketones is 1. The Morgan fingerprint density at radius 2 is 2.06 bits per heavy atom. The number of halogens is 1. The molecule has 1 heterocycles. The van der Waals surface area contributed by atoms with E-state index in [1.807, 2.05) is 6.92 Å². The summed E-state index contributed by atoms with van der Waals surface area (Å²) in [5.74, 6) is 0.679. The maximum atomic E-state index is 12.4. The van der Waals surface area contributed by atoms with Crippen molar-refractivity contribution >= 4 is 21.7 Å². The first-order valence-corrected chi connectivity index (χ1v) is 6.36. The lowest BCUT2D eigenvalue weighted by molar-refractivity contribution is 0.102. The Morgan fingerprint density at radius 1 is 1.39 bits per heavy atom. The highest BCUT2D eigenvalue weighted by atomic mass is 79.9. The number of carbonyl (C=O) groups is 1. The van der Waals surface area contributed by atoms with Gasteiger partial charge in [0.2, 0.25) is 5.78 Å². The molecule has 0 N–H and O–H groups in total. The topological polar surface area (TPSA) is 44.1 Å². The number of hydrogen-bond acceptors (Lipinski definition) is 3. The van der Waals surface area contributed by atoms with Gasteiger partial charge in [-0.25, -0.2) is 0 Å². The number of nitrogens with zero attached hydrogens (tertiary/aromatic N) is 2. The molecule has 4 nitrogen and oxygen atoms in total. The van der Waals surface area contributed by atoms with E-state index < -0.39 is 0 Å². The lowest BCUT2D eigenvalue weighted by Crippen LogP contribution is -2.11. The van der Waals surface area contributed by atoms with E-state index in [0.717, 1.165) is 5.75 Å². The van der Waals surface area contributed by atoms with Gasteiger partial charge in [-0.15, -0.1) is 0 Å². The van der Waals surface area contributed by atoms with Gasteiger partial charge >= 0.3 is 0 Å². The van der Waals surface area contributed by atoms with Crippen LogP contribution in [0.25, 0.3) is 0 Å². The molecule has 0 amide bonds. The van der Waals surface area contributed by atoms with Gasteiger partial charge in [0.15, 0.2) is 0 Å². The Hall–Kier alpha value is -1.62. The lowest BCUT2D eigenvalue weighted by atomic mass is 10.1. The normalized spacial score (nSPS) is 10.4. The third kappa shape index (κ3) is 2.31. The van der Waals surface area contributed by atoms with Crippen molar-refractivity contribution in [3.8, 4) is 5.75 Å². The second-order valence-corrected chi connectivity index (χ2v) is 4.57. The molecule has 0 aliphatic heterocycles. The smallest absolute Gasteiger partial charge is 0.212 e. The van der Waals surface area contributed by atoms with Crippen molar-refractivity contribution in [2.75, 3.05) is 7.11 Å². The molecule has 5 heteroatoms.